The van der Waals surface area contributed by atoms with Crippen LogP contribution in [-0.2, 0) is 21.4 Å². The zero-order chi connectivity index (χ0) is 19.4. The van der Waals surface area contributed by atoms with Gasteiger partial charge in [-0.2, -0.15) is 4.31 Å². The average Bonchev–Trinajstić information content (AvgIpc) is 3.16. The Morgan fingerprint density at radius 2 is 2.07 bits per heavy atom. The van der Waals surface area contributed by atoms with Crippen molar-refractivity contribution >= 4 is 27.3 Å². The zero-order valence-corrected chi connectivity index (χ0v) is 17.2. The van der Waals surface area contributed by atoms with Crippen LogP contribution < -0.4 is 5.32 Å². The third-order valence-corrected chi connectivity index (χ3v) is 7.72. The van der Waals surface area contributed by atoms with Crippen molar-refractivity contribution in [3.05, 3.63) is 46.4 Å². The number of thiazole rings is 1. The van der Waals surface area contributed by atoms with E-state index in [-0.39, 0.29) is 23.3 Å². The molecular weight excluding hydrogens is 382 g/mol. The molecule has 146 valence electrons. The lowest BCUT2D eigenvalue weighted by Gasteiger charge is -2.31. The molecule has 0 bridgehead atoms. The Labute approximate surface area is 164 Å². The van der Waals surface area contributed by atoms with Gasteiger partial charge in [0.2, 0.25) is 15.9 Å². The summed E-state index contributed by atoms with van der Waals surface area (Å²) in [7, 11) is -3.56. The number of hydrogen-bond acceptors (Lipinski definition) is 5. The molecule has 1 atom stereocenters. The van der Waals surface area contributed by atoms with Crippen LogP contribution >= 0.6 is 11.3 Å². The summed E-state index contributed by atoms with van der Waals surface area (Å²) < 4.78 is 27.0. The van der Waals surface area contributed by atoms with Crippen LogP contribution in [0.25, 0.3) is 0 Å². The Hall–Kier alpha value is -1.77. The molecule has 1 amide bonds. The number of amides is 1. The maximum absolute atomic E-state index is 12.8. The van der Waals surface area contributed by atoms with Crippen LogP contribution in [-0.4, -0.2) is 36.7 Å². The second-order valence-electron chi connectivity index (χ2n) is 7.06. The van der Waals surface area contributed by atoms with Gasteiger partial charge in [0.25, 0.3) is 0 Å². The van der Waals surface area contributed by atoms with Crippen LogP contribution in [0.2, 0.25) is 0 Å². The van der Waals surface area contributed by atoms with E-state index >= 15 is 0 Å². The summed E-state index contributed by atoms with van der Waals surface area (Å²) in [5, 5.41) is 5.93. The highest BCUT2D eigenvalue weighted by atomic mass is 32.2. The van der Waals surface area contributed by atoms with Gasteiger partial charge >= 0.3 is 0 Å². The molecule has 8 heteroatoms. The van der Waals surface area contributed by atoms with E-state index in [9.17, 15) is 13.2 Å². The van der Waals surface area contributed by atoms with Gasteiger partial charge in [-0.3, -0.25) is 4.79 Å². The van der Waals surface area contributed by atoms with E-state index in [1.54, 1.807) is 41.7 Å². The lowest BCUT2D eigenvalue weighted by atomic mass is 9.99. The predicted octanol–water partition coefficient (Wildman–Crippen LogP) is 2.98. The summed E-state index contributed by atoms with van der Waals surface area (Å²) in [6.07, 6.45) is 1.37. The van der Waals surface area contributed by atoms with Gasteiger partial charge in [-0.1, -0.05) is 32.0 Å². The lowest BCUT2D eigenvalue weighted by Crippen LogP contribution is -2.45. The van der Waals surface area contributed by atoms with Crippen LogP contribution in [0.5, 0.6) is 0 Å². The molecule has 1 aliphatic rings. The third kappa shape index (κ3) is 4.75. The second-order valence-corrected chi connectivity index (χ2v) is 9.89. The van der Waals surface area contributed by atoms with Gasteiger partial charge in [-0.05, 0) is 25.0 Å². The van der Waals surface area contributed by atoms with Crippen molar-refractivity contribution in [2.75, 3.05) is 13.1 Å². The number of piperidine rings is 1. The van der Waals surface area contributed by atoms with Gasteiger partial charge in [-0.25, -0.2) is 13.4 Å². The molecule has 1 unspecified atom stereocenters. The van der Waals surface area contributed by atoms with Gasteiger partial charge in [0.05, 0.1) is 28.1 Å². The fourth-order valence-corrected chi connectivity index (χ4v) is 5.49. The van der Waals surface area contributed by atoms with Crippen molar-refractivity contribution in [3.8, 4) is 0 Å². The van der Waals surface area contributed by atoms with Gasteiger partial charge in [0.15, 0.2) is 0 Å². The second kappa shape index (κ2) is 8.50. The quantitative estimate of drug-likeness (QED) is 0.798. The van der Waals surface area contributed by atoms with Crippen molar-refractivity contribution in [1.29, 1.82) is 0 Å². The molecular formula is C19H25N3O3S2. The van der Waals surface area contributed by atoms with Crippen molar-refractivity contribution in [2.24, 2.45) is 5.92 Å². The number of hydrogen-bond donors (Lipinski definition) is 1. The van der Waals surface area contributed by atoms with Gasteiger partial charge in [0.1, 0.15) is 0 Å². The van der Waals surface area contributed by atoms with Gasteiger partial charge < -0.3 is 5.32 Å². The highest BCUT2D eigenvalue weighted by Crippen LogP contribution is 2.24. The fourth-order valence-electron chi connectivity index (χ4n) is 3.11. The summed E-state index contributed by atoms with van der Waals surface area (Å²) in [6, 6.07) is 8.39. The summed E-state index contributed by atoms with van der Waals surface area (Å²) >= 11 is 1.60. The molecule has 1 fully saturated rings. The number of rotatable bonds is 6. The molecule has 1 aliphatic heterocycles. The van der Waals surface area contributed by atoms with E-state index in [2.05, 4.69) is 24.1 Å². The maximum atomic E-state index is 12.8. The SMILES string of the molecule is CC(C)c1nc(CNC(=O)C2CCCN(S(=O)(=O)c3ccccc3)C2)cs1. The molecule has 0 spiro atoms. The minimum absolute atomic E-state index is 0.109. The summed E-state index contributed by atoms with van der Waals surface area (Å²) in [4.78, 5) is 17.4. The Morgan fingerprint density at radius 1 is 1.33 bits per heavy atom. The highest BCUT2D eigenvalue weighted by molar-refractivity contribution is 7.89. The molecule has 6 nitrogen and oxygen atoms in total. The monoisotopic (exact) mass is 407 g/mol. The first-order valence-electron chi connectivity index (χ1n) is 9.15. The van der Waals surface area contributed by atoms with Crippen molar-refractivity contribution in [1.82, 2.24) is 14.6 Å². The van der Waals surface area contributed by atoms with Crippen LogP contribution in [0.15, 0.2) is 40.6 Å². The number of nitrogens with one attached hydrogen (secondary N) is 1. The molecule has 2 aromatic rings. The van der Waals surface area contributed by atoms with E-state index < -0.39 is 10.0 Å². The van der Waals surface area contributed by atoms with Gasteiger partial charge in [-0.15, -0.1) is 11.3 Å². The fraction of sp³-hybridized carbons (Fsp3) is 0.474. The Balaban J connectivity index is 1.61. The first-order valence-corrected chi connectivity index (χ1v) is 11.5. The molecule has 1 N–H and O–H groups in total. The zero-order valence-electron chi connectivity index (χ0n) is 15.6. The number of nitrogens with zero attached hydrogens (tertiary/aromatic N) is 2. The minimum Gasteiger partial charge on any atom is -0.350 e. The molecule has 1 saturated heterocycles. The number of sulfonamides is 1. The van der Waals surface area contributed by atoms with E-state index in [4.69, 9.17) is 0 Å². The van der Waals surface area contributed by atoms with E-state index in [0.29, 0.717) is 31.8 Å². The molecule has 27 heavy (non-hydrogen) atoms. The Morgan fingerprint density at radius 3 is 2.74 bits per heavy atom. The van der Waals surface area contributed by atoms with Crippen molar-refractivity contribution < 1.29 is 13.2 Å². The number of benzene rings is 1. The summed E-state index contributed by atoms with van der Waals surface area (Å²) in [6.45, 7) is 5.22. The summed E-state index contributed by atoms with van der Waals surface area (Å²) in [5.74, 6) is -0.0722. The number of carbonyl (C=O) groups excluding carboxylic acids is 1. The largest absolute Gasteiger partial charge is 0.350 e. The molecule has 1 aromatic carbocycles. The van der Waals surface area contributed by atoms with E-state index in [0.717, 1.165) is 10.7 Å². The minimum atomic E-state index is -3.56. The first kappa shape index (κ1) is 20.0. The average molecular weight is 408 g/mol. The summed E-state index contributed by atoms with van der Waals surface area (Å²) in [5.41, 5.74) is 0.849. The smallest absolute Gasteiger partial charge is 0.243 e. The number of aromatic nitrogens is 1. The standard InChI is InChI=1S/C19H25N3O3S2/c1-14(2)19-21-16(13-26-19)11-20-18(23)15-7-6-10-22(12-15)27(24,25)17-8-4-3-5-9-17/h3-5,8-9,13-15H,6-7,10-12H2,1-2H3,(H,20,23). The Bertz CT molecular complexity index is 879. The molecule has 0 radical (unpaired) electrons. The maximum Gasteiger partial charge on any atom is 0.243 e. The van der Waals surface area contributed by atoms with E-state index in [1.807, 2.05) is 5.38 Å². The topological polar surface area (TPSA) is 79.4 Å². The van der Waals surface area contributed by atoms with Crippen molar-refractivity contribution in [3.63, 3.8) is 0 Å². The molecule has 1 aromatic heterocycles. The third-order valence-electron chi connectivity index (χ3n) is 4.64. The van der Waals surface area contributed by atoms with Crippen LogP contribution in [0, 0.1) is 5.92 Å². The van der Waals surface area contributed by atoms with Crippen LogP contribution in [0.1, 0.15) is 43.3 Å². The van der Waals surface area contributed by atoms with Crippen LogP contribution in [0.4, 0.5) is 0 Å². The predicted molar refractivity (Wildman–Crippen MR) is 106 cm³/mol. The van der Waals surface area contributed by atoms with Gasteiger partial charge in [0, 0.05) is 24.4 Å². The first-order chi connectivity index (χ1) is 12.9. The molecule has 2 heterocycles. The van der Waals surface area contributed by atoms with Crippen molar-refractivity contribution in [2.45, 2.75) is 44.0 Å². The molecule has 0 saturated carbocycles. The normalized spacial score (nSPS) is 18.6. The van der Waals surface area contributed by atoms with Crippen LogP contribution in [0.3, 0.4) is 0 Å². The lowest BCUT2D eigenvalue weighted by molar-refractivity contribution is -0.126. The number of carbonyl (C=O) groups is 1. The Kier molecular flexibility index (Phi) is 6.29. The molecule has 3 rings (SSSR count). The highest BCUT2D eigenvalue weighted by Gasteiger charge is 2.33. The molecule has 0 aliphatic carbocycles. The van der Waals surface area contributed by atoms with E-state index in [1.165, 1.54) is 4.31 Å².